The van der Waals surface area contributed by atoms with E-state index < -0.39 is 27.6 Å². The Morgan fingerprint density at radius 1 is 1.14 bits per heavy atom. The summed E-state index contributed by atoms with van der Waals surface area (Å²) < 4.78 is 27.2. The van der Waals surface area contributed by atoms with Crippen LogP contribution in [0.5, 0.6) is 0 Å². The van der Waals surface area contributed by atoms with Gasteiger partial charge in [-0.1, -0.05) is 23.7 Å². The van der Waals surface area contributed by atoms with Crippen molar-refractivity contribution in [1.82, 2.24) is 19.4 Å². The molecule has 5 rings (SSSR count). The van der Waals surface area contributed by atoms with Crippen LogP contribution < -0.4 is 0 Å². The molecule has 1 aromatic heterocycles. The molecule has 1 fully saturated rings. The second kappa shape index (κ2) is 9.47. The number of rotatable bonds is 6. The Bertz CT molecular complexity index is 1450. The lowest BCUT2D eigenvalue weighted by atomic mass is 10.0. The van der Waals surface area contributed by atoms with Crippen molar-refractivity contribution >= 4 is 44.1 Å². The molecule has 2 amide bonds. The van der Waals surface area contributed by atoms with Crippen molar-refractivity contribution in [3.8, 4) is 0 Å². The summed E-state index contributed by atoms with van der Waals surface area (Å²) >= 11 is 5.98. The molecule has 3 aromatic rings. The van der Waals surface area contributed by atoms with Gasteiger partial charge in [0.1, 0.15) is 18.5 Å². The van der Waals surface area contributed by atoms with Gasteiger partial charge < -0.3 is 20.0 Å². The van der Waals surface area contributed by atoms with Crippen LogP contribution in [0.4, 0.5) is 4.79 Å². The highest BCUT2D eigenvalue weighted by molar-refractivity contribution is 7.91. The first kappa shape index (κ1) is 24.7. The molecule has 1 saturated heterocycles. The highest BCUT2D eigenvalue weighted by Gasteiger charge is 2.38. The Hall–Kier alpha value is -2.99. The first-order valence-electron chi connectivity index (χ1n) is 11.5. The Balaban J connectivity index is 1.20. The number of carbonyl (C=O) groups is 2. The maximum absolute atomic E-state index is 12.9. The lowest BCUT2D eigenvalue weighted by Gasteiger charge is -2.37. The first-order chi connectivity index (χ1) is 17.2. The Kier molecular flexibility index (Phi) is 6.50. The molecule has 2 N–H and O–H groups in total. The van der Waals surface area contributed by atoms with Crippen LogP contribution in [-0.4, -0.2) is 80.9 Å². The number of amides is 2. The predicted octanol–water partition coefficient (Wildman–Crippen LogP) is 1.79. The fourth-order valence-electron chi connectivity index (χ4n) is 4.91. The average molecular weight is 533 g/mol. The van der Waals surface area contributed by atoms with Gasteiger partial charge in [0.25, 0.3) is 5.91 Å². The zero-order valence-electron chi connectivity index (χ0n) is 19.2. The van der Waals surface area contributed by atoms with Gasteiger partial charge in [-0.15, -0.1) is 0 Å². The van der Waals surface area contributed by atoms with Gasteiger partial charge in [0.05, 0.1) is 29.1 Å². The minimum Gasteiger partial charge on any atom is -0.388 e. The number of hydrogen-bond acceptors (Lipinski definition) is 7. The summed E-state index contributed by atoms with van der Waals surface area (Å²) in [6.07, 6.45) is 0.872. The minimum atomic E-state index is -3.92. The summed E-state index contributed by atoms with van der Waals surface area (Å²) in [5.41, 5.74) is 0.708. The van der Waals surface area contributed by atoms with E-state index in [1.807, 2.05) is 0 Å². The Morgan fingerprint density at radius 3 is 2.56 bits per heavy atom. The van der Waals surface area contributed by atoms with E-state index in [0.717, 1.165) is 5.39 Å². The third-order valence-electron chi connectivity index (χ3n) is 6.83. The monoisotopic (exact) mass is 532 g/mol. The van der Waals surface area contributed by atoms with Crippen molar-refractivity contribution in [3.05, 3.63) is 59.1 Å². The van der Waals surface area contributed by atoms with Crippen molar-refractivity contribution in [2.75, 3.05) is 18.8 Å². The average Bonchev–Trinajstić information content (AvgIpc) is 3.42. The number of piperidine rings is 1. The third-order valence-corrected chi connectivity index (χ3v) is 8.79. The number of aliphatic hydroxyl groups is 2. The number of carbonyl (C=O) groups excluding carboxylic acids is 2. The fraction of sp³-hybridized carbons (Fsp3) is 0.375. The molecule has 12 heteroatoms. The molecule has 0 radical (unpaired) electrons. The summed E-state index contributed by atoms with van der Waals surface area (Å²) in [5, 5.41) is 21.9. The smallest absolute Gasteiger partial charge is 0.330 e. The van der Waals surface area contributed by atoms with Crippen molar-refractivity contribution in [2.45, 2.75) is 43.0 Å². The molecule has 10 nitrogen and oxygen atoms in total. The first-order valence-corrected chi connectivity index (χ1v) is 13.6. The standard InChI is InChI=1S/C24H25ClN4O6S/c25-17-3-1-16-10-20(4-2-15(16)9-17)36(34,35)14-21(31)23(32)27-7-5-18(6-8-27)28-12-19-11-26-22(13-30)29(19)24(28)33/h1-4,9-11,18,21,30-31H,5-8,12-14H2/t21-/m1/s1. The van der Waals surface area contributed by atoms with E-state index in [1.165, 1.54) is 21.6 Å². The molecule has 0 bridgehead atoms. The third kappa shape index (κ3) is 4.47. The zero-order chi connectivity index (χ0) is 25.6. The van der Waals surface area contributed by atoms with Crippen molar-refractivity contribution in [2.24, 2.45) is 0 Å². The van der Waals surface area contributed by atoms with E-state index in [1.54, 1.807) is 35.4 Å². The van der Waals surface area contributed by atoms with Gasteiger partial charge >= 0.3 is 6.03 Å². The quantitative estimate of drug-likeness (QED) is 0.494. The van der Waals surface area contributed by atoms with Gasteiger partial charge in [-0.3, -0.25) is 4.79 Å². The van der Waals surface area contributed by atoms with Gasteiger partial charge in [0.2, 0.25) is 0 Å². The molecule has 0 saturated carbocycles. The van der Waals surface area contributed by atoms with E-state index in [2.05, 4.69) is 4.98 Å². The molecule has 2 aliphatic heterocycles. The molecule has 36 heavy (non-hydrogen) atoms. The van der Waals surface area contributed by atoms with E-state index in [-0.39, 0.29) is 23.6 Å². The predicted molar refractivity (Wildman–Crippen MR) is 131 cm³/mol. The molecule has 3 heterocycles. The lowest BCUT2D eigenvalue weighted by Crippen LogP contribution is -2.50. The maximum Gasteiger partial charge on any atom is 0.330 e. The van der Waals surface area contributed by atoms with Crippen molar-refractivity contribution in [1.29, 1.82) is 0 Å². The van der Waals surface area contributed by atoms with Crippen LogP contribution in [0.1, 0.15) is 24.4 Å². The van der Waals surface area contributed by atoms with Gasteiger partial charge in [-0.2, -0.15) is 0 Å². The number of benzene rings is 2. The van der Waals surface area contributed by atoms with E-state index in [0.29, 0.717) is 54.4 Å². The molecule has 0 unspecified atom stereocenters. The summed E-state index contributed by atoms with van der Waals surface area (Å²) in [6, 6.07) is 9.33. The van der Waals surface area contributed by atoms with Crippen molar-refractivity contribution < 1.29 is 28.2 Å². The second-order valence-electron chi connectivity index (χ2n) is 9.08. The Labute approximate surface area is 212 Å². The number of imidazole rings is 1. The van der Waals surface area contributed by atoms with Crippen molar-refractivity contribution in [3.63, 3.8) is 0 Å². The molecular formula is C24H25ClN4O6S. The van der Waals surface area contributed by atoms with Crippen LogP contribution >= 0.6 is 11.6 Å². The molecule has 2 aromatic carbocycles. The van der Waals surface area contributed by atoms with Gasteiger partial charge in [-0.25, -0.2) is 22.8 Å². The van der Waals surface area contributed by atoms with E-state index in [9.17, 15) is 28.2 Å². The van der Waals surface area contributed by atoms with Gasteiger partial charge in [0.15, 0.2) is 9.84 Å². The van der Waals surface area contributed by atoms with Gasteiger partial charge in [0, 0.05) is 24.2 Å². The van der Waals surface area contributed by atoms with Crippen LogP contribution in [0.15, 0.2) is 47.5 Å². The summed E-state index contributed by atoms with van der Waals surface area (Å²) in [5.74, 6) is -1.07. The highest BCUT2D eigenvalue weighted by Crippen LogP contribution is 2.27. The number of aliphatic hydroxyl groups excluding tert-OH is 2. The largest absolute Gasteiger partial charge is 0.388 e. The number of sulfone groups is 1. The number of nitrogens with zero attached hydrogens (tertiary/aromatic N) is 4. The van der Waals surface area contributed by atoms with E-state index in [4.69, 9.17) is 11.6 Å². The number of aromatic nitrogens is 2. The van der Waals surface area contributed by atoms with Crippen LogP contribution in [0.3, 0.4) is 0 Å². The highest BCUT2D eigenvalue weighted by atomic mass is 35.5. The lowest BCUT2D eigenvalue weighted by molar-refractivity contribution is -0.140. The maximum atomic E-state index is 12.9. The molecule has 0 aliphatic carbocycles. The number of hydrogen-bond donors (Lipinski definition) is 2. The minimum absolute atomic E-state index is 0.0241. The van der Waals surface area contributed by atoms with Crippen LogP contribution in [0, 0.1) is 0 Å². The Morgan fingerprint density at radius 2 is 1.83 bits per heavy atom. The zero-order valence-corrected chi connectivity index (χ0v) is 20.8. The van der Waals surface area contributed by atoms with E-state index >= 15 is 0 Å². The second-order valence-corrected chi connectivity index (χ2v) is 11.5. The van der Waals surface area contributed by atoms with Gasteiger partial charge in [-0.05, 0) is 47.9 Å². The topological polar surface area (TPSA) is 133 Å². The molecule has 1 atom stereocenters. The van der Waals surface area contributed by atoms with Crippen LogP contribution in [0.25, 0.3) is 10.8 Å². The summed E-state index contributed by atoms with van der Waals surface area (Å²) in [4.78, 5) is 32.9. The fourth-order valence-corrected chi connectivity index (χ4v) is 6.43. The molecule has 2 aliphatic rings. The normalized spacial score (nSPS) is 17.6. The summed E-state index contributed by atoms with van der Waals surface area (Å²) in [6.45, 7) is 0.631. The number of halogens is 1. The number of fused-ring (bicyclic) bond motifs is 2. The number of likely N-dealkylation sites (tertiary alicyclic amines) is 1. The van der Waals surface area contributed by atoms with Crippen LogP contribution in [0.2, 0.25) is 5.02 Å². The molecule has 190 valence electrons. The SMILES string of the molecule is O=C([C@H](O)CS(=O)(=O)c1ccc2cc(Cl)ccc2c1)N1CCC(N2Cc3cnc(CO)n3C2=O)CC1. The summed E-state index contributed by atoms with van der Waals surface area (Å²) in [7, 11) is -3.92. The molecular weight excluding hydrogens is 508 g/mol. The molecule has 0 spiro atoms. The van der Waals surface area contributed by atoms with Crippen LogP contribution in [-0.2, 0) is 27.8 Å².